The van der Waals surface area contributed by atoms with Crippen LogP contribution in [-0.2, 0) is 4.79 Å². The molecule has 1 saturated carbocycles. The zero-order chi connectivity index (χ0) is 9.57. The first-order chi connectivity index (χ1) is 5.34. The number of alkyl halides is 3. The minimum absolute atomic E-state index is 0.512. The SMILES string of the molecule is O=C(O)[C@]1(CO)C[C@H]1C(F)(F)F. The monoisotopic (exact) mass is 184 g/mol. The van der Waals surface area contributed by atoms with Crippen molar-refractivity contribution in [1.29, 1.82) is 0 Å². The number of aliphatic carboxylic acids is 1. The molecule has 1 aliphatic carbocycles. The van der Waals surface area contributed by atoms with Crippen LogP contribution in [0.3, 0.4) is 0 Å². The Labute approximate surface area is 65.8 Å². The Morgan fingerprint density at radius 2 is 2.08 bits per heavy atom. The molecule has 0 aliphatic heterocycles. The van der Waals surface area contributed by atoms with Crippen LogP contribution in [0.15, 0.2) is 0 Å². The molecule has 1 fully saturated rings. The fourth-order valence-electron chi connectivity index (χ4n) is 1.21. The maximum Gasteiger partial charge on any atom is 0.393 e. The lowest BCUT2D eigenvalue weighted by molar-refractivity contribution is -0.170. The number of aliphatic hydroxyl groups excluding tert-OH is 1. The molecule has 2 N–H and O–H groups in total. The Kier molecular flexibility index (Phi) is 1.82. The second-order valence-corrected chi connectivity index (χ2v) is 2.92. The zero-order valence-electron chi connectivity index (χ0n) is 5.93. The van der Waals surface area contributed by atoms with Gasteiger partial charge < -0.3 is 10.2 Å². The van der Waals surface area contributed by atoms with Crippen LogP contribution < -0.4 is 0 Å². The Morgan fingerprint density at radius 1 is 1.58 bits per heavy atom. The molecule has 1 aliphatic rings. The summed E-state index contributed by atoms with van der Waals surface area (Å²) in [7, 11) is 0. The quantitative estimate of drug-likeness (QED) is 0.661. The maximum atomic E-state index is 11.9. The molecule has 0 aromatic carbocycles. The summed E-state index contributed by atoms with van der Waals surface area (Å²) >= 11 is 0. The van der Waals surface area contributed by atoms with Crippen molar-refractivity contribution >= 4 is 5.97 Å². The van der Waals surface area contributed by atoms with Crippen molar-refractivity contribution in [2.45, 2.75) is 12.6 Å². The third kappa shape index (κ3) is 1.16. The molecule has 0 aromatic rings. The van der Waals surface area contributed by atoms with Crippen LogP contribution in [0.5, 0.6) is 0 Å². The minimum atomic E-state index is -4.51. The Morgan fingerprint density at radius 3 is 2.17 bits per heavy atom. The van der Waals surface area contributed by atoms with E-state index in [9.17, 15) is 18.0 Å². The molecule has 0 saturated heterocycles. The van der Waals surface area contributed by atoms with Gasteiger partial charge >= 0.3 is 12.1 Å². The van der Waals surface area contributed by atoms with E-state index < -0.39 is 36.5 Å². The van der Waals surface area contributed by atoms with Gasteiger partial charge in [0.25, 0.3) is 0 Å². The minimum Gasteiger partial charge on any atom is -0.481 e. The van der Waals surface area contributed by atoms with E-state index in [0.29, 0.717) is 0 Å². The van der Waals surface area contributed by atoms with Crippen molar-refractivity contribution in [3.63, 3.8) is 0 Å². The molecule has 0 unspecified atom stereocenters. The summed E-state index contributed by atoms with van der Waals surface area (Å²) in [6.45, 7) is -0.952. The Bertz CT molecular complexity index is 213. The molecule has 3 nitrogen and oxygen atoms in total. The number of carboxylic acids is 1. The Balaban J connectivity index is 2.75. The van der Waals surface area contributed by atoms with Crippen molar-refractivity contribution in [2.75, 3.05) is 6.61 Å². The van der Waals surface area contributed by atoms with Gasteiger partial charge in [-0.05, 0) is 6.42 Å². The van der Waals surface area contributed by atoms with Gasteiger partial charge in [-0.1, -0.05) is 0 Å². The molecule has 0 heterocycles. The number of hydrogen-bond donors (Lipinski definition) is 2. The summed E-state index contributed by atoms with van der Waals surface area (Å²) in [5, 5.41) is 16.9. The maximum absolute atomic E-state index is 11.9. The molecule has 1 rings (SSSR count). The summed E-state index contributed by atoms with van der Waals surface area (Å²) in [6, 6.07) is 0. The predicted octanol–water partition coefficient (Wildman–Crippen LogP) is 0.632. The molecule has 0 bridgehead atoms. The van der Waals surface area contributed by atoms with Gasteiger partial charge in [-0.25, -0.2) is 0 Å². The summed E-state index contributed by atoms with van der Waals surface area (Å²) < 4.78 is 35.7. The number of carbonyl (C=O) groups is 1. The molecule has 0 radical (unpaired) electrons. The summed E-state index contributed by atoms with van der Waals surface area (Å²) in [6.07, 6.45) is -5.02. The number of halogens is 3. The second kappa shape index (κ2) is 2.35. The first-order valence-electron chi connectivity index (χ1n) is 3.25. The van der Waals surface area contributed by atoms with Crippen molar-refractivity contribution in [1.82, 2.24) is 0 Å². The lowest BCUT2D eigenvalue weighted by Gasteiger charge is -2.10. The van der Waals surface area contributed by atoms with Gasteiger partial charge in [0, 0.05) is 0 Å². The highest BCUT2D eigenvalue weighted by molar-refractivity contribution is 5.79. The number of hydrogen-bond acceptors (Lipinski definition) is 2. The molecule has 0 spiro atoms. The smallest absolute Gasteiger partial charge is 0.393 e. The average molecular weight is 184 g/mol. The van der Waals surface area contributed by atoms with Crippen LogP contribution in [0.25, 0.3) is 0 Å². The van der Waals surface area contributed by atoms with Gasteiger partial charge in [0.2, 0.25) is 0 Å². The lowest BCUT2D eigenvalue weighted by Crippen LogP contribution is -2.27. The van der Waals surface area contributed by atoms with Crippen LogP contribution in [0.2, 0.25) is 0 Å². The molecule has 0 aromatic heterocycles. The van der Waals surface area contributed by atoms with Crippen molar-refractivity contribution < 1.29 is 28.2 Å². The van der Waals surface area contributed by atoms with Crippen molar-refractivity contribution in [3.05, 3.63) is 0 Å². The first-order valence-corrected chi connectivity index (χ1v) is 3.25. The average Bonchev–Trinajstić information content (AvgIpc) is 2.60. The number of carboxylic acid groups (broad SMARTS) is 1. The highest BCUT2D eigenvalue weighted by atomic mass is 19.4. The summed E-state index contributed by atoms with van der Waals surface area (Å²) in [5.41, 5.74) is -1.96. The summed E-state index contributed by atoms with van der Waals surface area (Å²) in [5.74, 6) is -3.46. The Hall–Kier alpha value is -0.780. The largest absolute Gasteiger partial charge is 0.481 e. The fourth-order valence-corrected chi connectivity index (χ4v) is 1.21. The van der Waals surface area contributed by atoms with E-state index in [4.69, 9.17) is 10.2 Å². The lowest BCUT2D eigenvalue weighted by atomic mass is 10.1. The van der Waals surface area contributed by atoms with Gasteiger partial charge in [0.15, 0.2) is 0 Å². The van der Waals surface area contributed by atoms with E-state index in [1.807, 2.05) is 0 Å². The topological polar surface area (TPSA) is 57.5 Å². The molecular weight excluding hydrogens is 177 g/mol. The van der Waals surface area contributed by atoms with E-state index in [1.54, 1.807) is 0 Å². The van der Waals surface area contributed by atoms with Crippen LogP contribution >= 0.6 is 0 Å². The van der Waals surface area contributed by atoms with Gasteiger partial charge in [-0.2, -0.15) is 13.2 Å². The number of rotatable bonds is 2. The fraction of sp³-hybridized carbons (Fsp3) is 0.833. The second-order valence-electron chi connectivity index (χ2n) is 2.92. The summed E-state index contributed by atoms with van der Waals surface area (Å²) in [4.78, 5) is 10.3. The van der Waals surface area contributed by atoms with E-state index in [1.165, 1.54) is 0 Å². The van der Waals surface area contributed by atoms with Gasteiger partial charge in [0.05, 0.1) is 12.5 Å². The van der Waals surface area contributed by atoms with Crippen LogP contribution in [0.4, 0.5) is 13.2 Å². The number of aliphatic hydroxyl groups is 1. The van der Waals surface area contributed by atoms with E-state index in [-0.39, 0.29) is 0 Å². The normalized spacial score (nSPS) is 34.8. The van der Waals surface area contributed by atoms with Crippen LogP contribution in [0, 0.1) is 11.3 Å². The standard InChI is InChI=1S/C6H7F3O3/c7-6(8,9)3-1-5(3,2-10)4(11)12/h3,10H,1-2H2,(H,11,12)/t3-,5+/m1/s1. The van der Waals surface area contributed by atoms with E-state index in [0.717, 1.165) is 0 Å². The molecule has 12 heavy (non-hydrogen) atoms. The van der Waals surface area contributed by atoms with E-state index >= 15 is 0 Å². The van der Waals surface area contributed by atoms with Crippen molar-refractivity contribution in [3.8, 4) is 0 Å². The zero-order valence-corrected chi connectivity index (χ0v) is 5.93. The van der Waals surface area contributed by atoms with Gasteiger partial charge in [-0.3, -0.25) is 4.79 Å². The highest BCUT2D eigenvalue weighted by Gasteiger charge is 2.71. The first kappa shape index (κ1) is 9.31. The predicted molar refractivity (Wildman–Crippen MR) is 31.3 cm³/mol. The van der Waals surface area contributed by atoms with Crippen molar-refractivity contribution in [2.24, 2.45) is 11.3 Å². The van der Waals surface area contributed by atoms with Crippen LogP contribution in [0.1, 0.15) is 6.42 Å². The molecule has 2 atom stereocenters. The molecule has 70 valence electrons. The molecule has 0 amide bonds. The van der Waals surface area contributed by atoms with Gasteiger partial charge in [0.1, 0.15) is 5.41 Å². The third-order valence-corrected chi connectivity index (χ3v) is 2.18. The third-order valence-electron chi connectivity index (χ3n) is 2.18. The van der Waals surface area contributed by atoms with Gasteiger partial charge in [-0.15, -0.1) is 0 Å². The molecular formula is C6H7F3O3. The van der Waals surface area contributed by atoms with Crippen LogP contribution in [-0.4, -0.2) is 29.0 Å². The highest BCUT2D eigenvalue weighted by Crippen LogP contribution is 2.60. The molecule has 6 heteroatoms. The van der Waals surface area contributed by atoms with E-state index in [2.05, 4.69) is 0 Å².